The second-order valence-corrected chi connectivity index (χ2v) is 4.59. The zero-order valence-electron chi connectivity index (χ0n) is 11.6. The van der Waals surface area contributed by atoms with Crippen LogP contribution in [-0.4, -0.2) is 32.0 Å². The summed E-state index contributed by atoms with van der Waals surface area (Å²) < 4.78 is 10.5. The van der Waals surface area contributed by atoms with Crippen LogP contribution in [0.2, 0.25) is 0 Å². The van der Waals surface area contributed by atoms with Crippen molar-refractivity contribution in [2.75, 3.05) is 20.8 Å². The number of hydrogen-bond acceptors (Lipinski definition) is 4. The van der Waals surface area contributed by atoms with Gasteiger partial charge in [-0.15, -0.1) is 0 Å². The van der Waals surface area contributed by atoms with Gasteiger partial charge in [-0.05, 0) is 12.0 Å². The number of ether oxygens (including phenoxy) is 2. The molecule has 0 aliphatic rings. The minimum atomic E-state index is 0.0943. The van der Waals surface area contributed by atoms with E-state index >= 15 is 0 Å². The molecular formula is C14H23NO3. The van der Waals surface area contributed by atoms with Crippen molar-refractivity contribution in [3.63, 3.8) is 0 Å². The van der Waals surface area contributed by atoms with Gasteiger partial charge in [0.1, 0.15) is 11.5 Å². The highest BCUT2D eigenvalue weighted by molar-refractivity contribution is 5.40. The smallest absolute Gasteiger partial charge is 0.127 e. The predicted molar refractivity (Wildman–Crippen MR) is 72.1 cm³/mol. The summed E-state index contributed by atoms with van der Waals surface area (Å²) in [6.45, 7) is 4.96. The molecule has 0 saturated heterocycles. The molecule has 1 rings (SSSR count). The molecule has 1 atom stereocenters. The Kier molecular flexibility index (Phi) is 5.95. The van der Waals surface area contributed by atoms with Crippen molar-refractivity contribution in [1.29, 1.82) is 0 Å². The van der Waals surface area contributed by atoms with Crippen LogP contribution >= 0.6 is 0 Å². The van der Waals surface area contributed by atoms with Crippen LogP contribution in [0, 0.1) is 5.92 Å². The number of aliphatic hydroxyl groups is 1. The Labute approximate surface area is 109 Å². The van der Waals surface area contributed by atoms with Crippen LogP contribution in [0.1, 0.15) is 19.4 Å². The number of rotatable bonds is 7. The first-order valence-corrected chi connectivity index (χ1v) is 6.17. The summed E-state index contributed by atoms with van der Waals surface area (Å²) in [7, 11) is 3.28. The van der Waals surface area contributed by atoms with Gasteiger partial charge >= 0.3 is 0 Å². The standard InChI is InChI=1S/C14H23NO3/c1-10(2)13(9-16)15-8-11-5-6-12(17-3)7-14(11)18-4/h5-7,10,13,15-16H,8-9H2,1-4H3. The molecule has 0 aliphatic heterocycles. The lowest BCUT2D eigenvalue weighted by Gasteiger charge is -2.20. The van der Waals surface area contributed by atoms with Crippen molar-refractivity contribution in [1.82, 2.24) is 5.32 Å². The molecule has 0 aliphatic carbocycles. The molecule has 102 valence electrons. The molecule has 4 heteroatoms. The van der Waals surface area contributed by atoms with Crippen LogP contribution in [0.25, 0.3) is 0 Å². The molecule has 0 amide bonds. The summed E-state index contributed by atoms with van der Waals surface area (Å²) in [5.74, 6) is 1.96. The van der Waals surface area contributed by atoms with E-state index in [4.69, 9.17) is 9.47 Å². The molecule has 1 aromatic rings. The highest BCUT2D eigenvalue weighted by Gasteiger charge is 2.12. The number of nitrogens with one attached hydrogen (secondary N) is 1. The highest BCUT2D eigenvalue weighted by atomic mass is 16.5. The summed E-state index contributed by atoms with van der Waals surface area (Å²) in [6.07, 6.45) is 0. The Hall–Kier alpha value is -1.26. The number of methoxy groups -OCH3 is 2. The van der Waals surface area contributed by atoms with Crippen LogP contribution in [0.5, 0.6) is 11.5 Å². The molecule has 0 heterocycles. The lowest BCUT2D eigenvalue weighted by molar-refractivity contribution is 0.209. The molecule has 18 heavy (non-hydrogen) atoms. The third-order valence-corrected chi connectivity index (χ3v) is 3.05. The van der Waals surface area contributed by atoms with Crippen molar-refractivity contribution in [3.8, 4) is 11.5 Å². The van der Waals surface area contributed by atoms with Gasteiger partial charge in [0, 0.05) is 24.2 Å². The Morgan fingerprint density at radius 3 is 2.44 bits per heavy atom. The van der Waals surface area contributed by atoms with Crippen molar-refractivity contribution in [2.45, 2.75) is 26.4 Å². The van der Waals surface area contributed by atoms with Gasteiger partial charge < -0.3 is 19.9 Å². The number of hydrogen-bond donors (Lipinski definition) is 2. The average Bonchev–Trinajstić information content (AvgIpc) is 2.39. The molecule has 4 nitrogen and oxygen atoms in total. The van der Waals surface area contributed by atoms with Crippen molar-refractivity contribution in [3.05, 3.63) is 23.8 Å². The molecule has 0 fully saturated rings. The summed E-state index contributed by atoms with van der Waals surface area (Å²) in [5, 5.41) is 12.6. The third-order valence-electron chi connectivity index (χ3n) is 3.05. The summed E-state index contributed by atoms with van der Waals surface area (Å²) >= 11 is 0. The van der Waals surface area contributed by atoms with Gasteiger partial charge in [0.05, 0.1) is 20.8 Å². The van der Waals surface area contributed by atoms with E-state index in [1.807, 2.05) is 18.2 Å². The van der Waals surface area contributed by atoms with E-state index in [2.05, 4.69) is 19.2 Å². The van der Waals surface area contributed by atoms with Gasteiger partial charge in [-0.1, -0.05) is 19.9 Å². The van der Waals surface area contributed by atoms with E-state index in [0.717, 1.165) is 17.1 Å². The third kappa shape index (κ3) is 3.89. The molecular weight excluding hydrogens is 230 g/mol. The Balaban J connectivity index is 2.72. The zero-order chi connectivity index (χ0) is 13.5. The van der Waals surface area contributed by atoms with E-state index in [9.17, 15) is 5.11 Å². The fourth-order valence-corrected chi connectivity index (χ4v) is 1.75. The first kappa shape index (κ1) is 14.8. The maximum atomic E-state index is 9.27. The molecule has 0 radical (unpaired) electrons. The van der Waals surface area contributed by atoms with E-state index in [0.29, 0.717) is 12.5 Å². The topological polar surface area (TPSA) is 50.7 Å². The van der Waals surface area contributed by atoms with Gasteiger partial charge in [0.25, 0.3) is 0 Å². The molecule has 0 saturated carbocycles. The highest BCUT2D eigenvalue weighted by Crippen LogP contribution is 2.24. The summed E-state index contributed by atoms with van der Waals surface area (Å²) in [5.41, 5.74) is 1.05. The zero-order valence-corrected chi connectivity index (χ0v) is 11.6. The van der Waals surface area contributed by atoms with Gasteiger partial charge in [0.2, 0.25) is 0 Å². The normalized spacial score (nSPS) is 12.6. The second-order valence-electron chi connectivity index (χ2n) is 4.59. The van der Waals surface area contributed by atoms with Gasteiger partial charge in [0.15, 0.2) is 0 Å². The van der Waals surface area contributed by atoms with E-state index in [-0.39, 0.29) is 12.6 Å². The minimum absolute atomic E-state index is 0.0943. The molecule has 0 bridgehead atoms. The molecule has 1 aromatic carbocycles. The largest absolute Gasteiger partial charge is 0.497 e. The Morgan fingerprint density at radius 2 is 1.94 bits per heavy atom. The predicted octanol–water partition coefficient (Wildman–Crippen LogP) is 1.81. The first-order chi connectivity index (χ1) is 8.62. The van der Waals surface area contributed by atoms with Crippen LogP contribution in [0.3, 0.4) is 0 Å². The monoisotopic (exact) mass is 253 g/mol. The van der Waals surface area contributed by atoms with Gasteiger partial charge in [-0.3, -0.25) is 0 Å². The summed E-state index contributed by atoms with van der Waals surface area (Å²) in [4.78, 5) is 0. The lowest BCUT2D eigenvalue weighted by Crippen LogP contribution is -2.36. The van der Waals surface area contributed by atoms with E-state index in [1.54, 1.807) is 14.2 Å². The quantitative estimate of drug-likeness (QED) is 0.778. The molecule has 0 aromatic heterocycles. The Bertz CT molecular complexity index is 366. The minimum Gasteiger partial charge on any atom is -0.497 e. The summed E-state index contributed by atoms with van der Waals surface area (Å²) in [6, 6.07) is 5.83. The van der Waals surface area contributed by atoms with E-state index < -0.39 is 0 Å². The van der Waals surface area contributed by atoms with Gasteiger partial charge in [-0.25, -0.2) is 0 Å². The fourth-order valence-electron chi connectivity index (χ4n) is 1.75. The molecule has 1 unspecified atom stereocenters. The lowest BCUT2D eigenvalue weighted by atomic mass is 10.0. The maximum absolute atomic E-state index is 9.27. The van der Waals surface area contributed by atoms with E-state index in [1.165, 1.54) is 0 Å². The van der Waals surface area contributed by atoms with Crippen LogP contribution in [0.15, 0.2) is 18.2 Å². The van der Waals surface area contributed by atoms with Crippen LogP contribution < -0.4 is 14.8 Å². The SMILES string of the molecule is COc1ccc(CNC(CO)C(C)C)c(OC)c1. The van der Waals surface area contributed by atoms with Crippen LogP contribution in [-0.2, 0) is 6.54 Å². The van der Waals surface area contributed by atoms with Crippen molar-refractivity contribution in [2.24, 2.45) is 5.92 Å². The van der Waals surface area contributed by atoms with Crippen molar-refractivity contribution < 1.29 is 14.6 Å². The molecule has 2 N–H and O–H groups in total. The van der Waals surface area contributed by atoms with Crippen LogP contribution in [0.4, 0.5) is 0 Å². The fraction of sp³-hybridized carbons (Fsp3) is 0.571. The Morgan fingerprint density at radius 1 is 1.22 bits per heavy atom. The van der Waals surface area contributed by atoms with Gasteiger partial charge in [-0.2, -0.15) is 0 Å². The number of aliphatic hydroxyl groups excluding tert-OH is 1. The maximum Gasteiger partial charge on any atom is 0.127 e. The first-order valence-electron chi connectivity index (χ1n) is 6.17. The number of benzene rings is 1. The van der Waals surface area contributed by atoms with Crippen molar-refractivity contribution >= 4 is 0 Å². The average molecular weight is 253 g/mol. The second kappa shape index (κ2) is 7.24. The molecule has 0 spiro atoms.